The lowest BCUT2D eigenvalue weighted by Gasteiger charge is -2.22. The molecule has 154 valence electrons. The summed E-state index contributed by atoms with van der Waals surface area (Å²) < 4.78 is 37.8. The second kappa shape index (κ2) is 7.51. The number of rotatable bonds is 4. The summed E-state index contributed by atoms with van der Waals surface area (Å²) in [5.74, 6) is -1.41. The highest BCUT2D eigenvalue weighted by Gasteiger charge is 2.49. The van der Waals surface area contributed by atoms with E-state index in [9.17, 15) is 27.6 Å². The summed E-state index contributed by atoms with van der Waals surface area (Å²) >= 11 is 0. The number of carbonyl (C=O) groups is 3. The Labute approximate surface area is 169 Å². The first-order chi connectivity index (χ1) is 14.0. The zero-order chi connectivity index (χ0) is 22.1. The quantitative estimate of drug-likeness (QED) is 0.748. The van der Waals surface area contributed by atoms with Gasteiger partial charge in [-0.2, -0.15) is 18.4 Å². The number of amides is 4. The molecule has 1 aliphatic rings. The van der Waals surface area contributed by atoms with Crippen LogP contribution in [-0.4, -0.2) is 29.3 Å². The number of benzene rings is 2. The molecule has 1 aliphatic heterocycles. The first kappa shape index (κ1) is 20.9. The lowest BCUT2D eigenvalue weighted by molar-refractivity contribution is -0.137. The van der Waals surface area contributed by atoms with Gasteiger partial charge in [-0.3, -0.25) is 14.5 Å². The van der Waals surface area contributed by atoms with Crippen LogP contribution < -0.4 is 10.6 Å². The number of halogens is 3. The number of carbonyl (C=O) groups excluding carboxylic acids is 3. The predicted octanol–water partition coefficient (Wildman–Crippen LogP) is 2.98. The molecular formula is C20H15F3N4O3. The van der Waals surface area contributed by atoms with Gasteiger partial charge in [0.25, 0.3) is 5.91 Å². The smallest absolute Gasteiger partial charge is 0.325 e. The predicted molar refractivity (Wildman–Crippen MR) is 98.8 cm³/mol. The summed E-state index contributed by atoms with van der Waals surface area (Å²) in [6.45, 7) is 0.861. The normalized spacial score (nSPS) is 18.7. The van der Waals surface area contributed by atoms with E-state index in [1.54, 1.807) is 0 Å². The molecule has 1 fully saturated rings. The largest absolute Gasteiger partial charge is 0.416 e. The monoisotopic (exact) mass is 416 g/mol. The average Bonchev–Trinajstić information content (AvgIpc) is 2.91. The standard InChI is InChI=1S/C20H15F3N4O3/c1-19(13-4-2-12(10-24)3-5-13)17(29)27(18(30)26-19)11-16(28)25-15-8-6-14(7-9-15)20(21,22)23/h2-9H,11H2,1H3,(H,25,28)(H,26,30). The summed E-state index contributed by atoms with van der Waals surface area (Å²) in [7, 11) is 0. The number of nitrogens with one attached hydrogen (secondary N) is 2. The van der Waals surface area contributed by atoms with E-state index >= 15 is 0 Å². The Morgan fingerprint density at radius 3 is 2.27 bits per heavy atom. The van der Waals surface area contributed by atoms with Gasteiger partial charge >= 0.3 is 12.2 Å². The van der Waals surface area contributed by atoms with Gasteiger partial charge < -0.3 is 10.6 Å². The van der Waals surface area contributed by atoms with Crippen molar-refractivity contribution >= 4 is 23.5 Å². The molecule has 1 heterocycles. The highest BCUT2D eigenvalue weighted by Crippen LogP contribution is 2.30. The Morgan fingerprint density at radius 1 is 1.13 bits per heavy atom. The molecule has 7 nitrogen and oxygen atoms in total. The number of urea groups is 1. The molecule has 1 saturated heterocycles. The van der Waals surface area contributed by atoms with Crippen molar-refractivity contribution in [2.24, 2.45) is 0 Å². The third-order valence-electron chi connectivity index (χ3n) is 4.66. The van der Waals surface area contributed by atoms with Crippen LogP contribution in [-0.2, 0) is 21.3 Å². The van der Waals surface area contributed by atoms with Crippen LogP contribution in [0.2, 0.25) is 0 Å². The van der Waals surface area contributed by atoms with E-state index in [4.69, 9.17) is 5.26 Å². The number of imide groups is 1. The van der Waals surface area contributed by atoms with Crippen LogP contribution >= 0.6 is 0 Å². The minimum atomic E-state index is -4.50. The van der Waals surface area contributed by atoms with E-state index in [2.05, 4.69) is 10.6 Å². The number of nitriles is 1. The number of alkyl halides is 3. The third kappa shape index (κ3) is 3.96. The maximum absolute atomic E-state index is 12.8. The van der Waals surface area contributed by atoms with Crippen molar-refractivity contribution in [2.45, 2.75) is 18.6 Å². The molecule has 0 aliphatic carbocycles. The van der Waals surface area contributed by atoms with Crippen LogP contribution in [0, 0.1) is 11.3 Å². The maximum atomic E-state index is 12.8. The van der Waals surface area contributed by atoms with Crippen LogP contribution in [0.25, 0.3) is 0 Å². The molecule has 3 rings (SSSR count). The molecule has 0 saturated carbocycles. The highest BCUT2D eigenvalue weighted by atomic mass is 19.4. The SMILES string of the molecule is CC1(c2ccc(C#N)cc2)NC(=O)N(CC(=O)Nc2ccc(C(F)(F)F)cc2)C1=O. The first-order valence-corrected chi connectivity index (χ1v) is 8.66. The van der Waals surface area contributed by atoms with E-state index in [0.29, 0.717) is 11.1 Å². The summed E-state index contributed by atoms with van der Waals surface area (Å²) in [6, 6.07) is 11.0. The molecule has 2 N–H and O–H groups in total. The van der Waals surface area contributed by atoms with Crippen LogP contribution in [0.5, 0.6) is 0 Å². The van der Waals surface area contributed by atoms with Crippen LogP contribution in [0.4, 0.5) is 23.7 Å². The van der Waals surface area contributed by atoms with Gasteiger partial charge in [0.2, 0.25) is 5.91 Å². The number of hydrogen-bond acceptors (Lipinski definition) is 4. The molecule has 30 heavy (non-hydrogen) atoms. The van der Waals surface area contributed by atoms with Gasteiger partial charge in [0, 0.05) is 5.69 Å². The zero-order valence-electron chi connectivity index (χ0n) is 15.6. The molecule has 10 heteroatoms. The van der Waals surface area contributed by atoms with Gasteiger partial charge in [0.05, 0.1) is 17.2 Å². The maximum Gasteiger partial charge on any atom is 0.416 e. The summed E-state index contributed by atoms with van der Waals surface area (Å²) in [6.07, 6.45) is -4.50. The molecule has 0 spiro atoms. The zero-order valence-corrected chi connectivity index (χ0v) is 15.6. The minimum absolute atomic E-state index is 0.0925. The van der Waals surface area contributed by atoms with Gasteiger partial charge in [-0.05, 0) is 48.9 Å². The molecule has 2 aromatic rings. The lowest BCUT2D eigenvalue weighted by Crippen LogP contribution is -2.42. The van der Waals surface area contributed by atoms with Crippen LogP contribution in [0.15, 0.2) is 48.5 Å². The number of nitrogens with zero attached hydrogens (tertiary/aromatic N) is 2. The fourth-order valence-corrected chi connectivity index (χ4v) is 3.00. The second-order valence-corrected chi connectivity index (χ2v) is 6.76. The van der Waals surface area contributed by atoms with Crippen molar-refractivity contribution in [2.75, 3.05) is 11.9 Å². The summed E-state index contributed by atoms with van der Waals surface area (Å²) in [5.41, 5.74) is -1.38. The van der Waals surface area contributed by atoms with E-state index in [-0.39, 0.29) is 5.69 Å². The van der Waals surface area contributed by atoms with Crippen molar-refractivity contribution in [3.8, 4) is 6.07 Å². The summed E-state index contributed by atoms with van der Waals surface area (Å²) in [5, 5.41) is 13.8. The van der Waals surface area contributed by atoms with Gasteiger partial charge in [0.15, 0.2) is 0 Å². The molecule has 0 aromatic heterocycles. The van der Waals surface area contributed by atoms with Crippen molar-refractivity contribution in [1.82, 2.24) is 10.2 Å². The first-order valence-electron chi connectivity index (χ1n) is 8.66. The fraction of sp³-hybridized carbons (Fsp3) is 0.200. The molecule has 2 aromatic carbocycles. The molecule has 1 atom stereocenters. The number of hydrogen-bond donors (Lipinski definition) is 2. The summed E-state index contributed by atoms with van der Waals surface area (Å²) in [4.78, 5) is 38.0. The van der Waals surface area contributed by atoms with Gasteiger partial charge in [-0.1, -0.05) is 12.1 Å². The molecule has 1 unspecified atom stereocenters. The molecule has 4 amide bonds. The van der Waals surface area contributed by atoms with Gasteiger partial charge in [-0.25, -0.2) is 4.79 Å². The number of anilines is 1. The Kier molecular flexibility index (Phi) is 5.22. The van der Waals surface area contributed by atoms with E-state index in [1.807, 2.05) is 6.07 Å². The Morgan fingerprint density at radius 2 is 1.73 bits per heavy atom. The van der Waals surface area contributed by atoms with Gasteiger partial charge in [0.1, 0.15) is 12.1 Å². The van der Waals surface area contributed by atoms with E-state index < -0.39 is 41.7 Å². The van der Waals surface area contributed by atoms with Crippen LogP contribution in [0.1, 0.15) is 23.6 Å². The minimum Gasteiger partial charge on any atom is -0.325 e. The Balaban J connectivity index is 1.70. The fourth-order valence-electron chi connectivity index (χ4n) is 3.00. The lowest BCUT2D eigenvalue weighted by atomic mass is 9.91. The third-order valence-corrected chi connectivity index (χ3v) is 4.66. The van der Waals surface area contributed by atoms with Crippen molar-refractivity contribution in [1.29, 1.82) is 5.26 Å². The van der Waals surface area contributed by atoms with Crippen molar-refractivity contribution in [3.05, 3.63) is 65.2 Å². The van der Waals surface area contributed by atoms with Crippen LogP contribution in [0.3, 0.4) is 0 Å². The molecular weight excluding hydrogens is 401 g/mol. The van der Waals surface area contributed by atoms with Crippen molar-refractivity contribution in [3.63, 3.8) is 0 Å². The van der Waals surface area contributed by atoms with Crippen molar-refractivity contribution < 1.29 is 27.6 Å². The second-order valence-electron chi connectivity index (χ2n) is 6.76. The van der Waals surface area contributed by atoms with E-state index in [0.717, 1.165) is 29.2 Å². The molecule has 0 bridgehead atoms. The van der Waals surface area contributed by atoms with Gasteiger partial charge in [-0.15, -0.1) is 0 Å². The van der Waals surface area contributed by atoms with E-state index in [1.165, 1.54) is 31.2 Å². The average molecular weight is 416 g/mol. The molecule has 0 radical (unpaired) electrons. The Hall–Kier alpha value is -3.87. The topological polar surface area (TPSA) is 102 Å². The highest BCUT2D eigenvalue weighted by molar-refractivity contribution is 6.10. The Bertz CT molecular complexity index is 1040.